The molecule has 3 nitrogen and oxygen atoms in total. The molecule has 0 fully saturated rings. The number of benzene rings is 6. The Bertz CT molecular complexity index is 1930. The summed E-state index contributed by atoms with van der Waals surface area (Å²) in [6.45, 7) is 0. The SMILES string of the molecule is c1ccc([Si]2(c3ccccc3)c3ccccc3Oc3[nH]c4c(c32)[Si](c2ccccc2)(c2ccccc2)c2ccccc2O4)cc1. The lowest BCUT2D eigenvalue weighted by Gasteiger charge is -2.43. The minimum absolute atomic E-state index is 0.787. The zero-order chi connectivity index (χ0) is 29.8. The first-order chi connectivity index (χ1) is 22.3. The van der Waals surface area contributed by atoms with E-state index in [1.165, 1.54) is 41.5 Å². The lowest BCUT2D eigenvalue weighted by Crippen LogP contribution is -2.85. The highest BCUT2D eigenvalue weighted by Crippen LogP contribution is 2.35. The number of aromatic amines is 1. The normalized spacial score (nSPS) is 14.9. The van der Waals surface area contributed by atoms with E-state index in [0.29, 0.717) is 0 Å². The quantitative estimate of drug-likeness (QED) is 0.306. The number of para-hydroxylation sites is 2. The van der Waals surface area contributed by atoms with Gasteiger partial charge in [0.15, 0.2) is 16.1 Å². The van der Waals surface area contributed by atoms with Gasteiger partial charge in [0.2, 0.25) is 11.8 Å². The molecule has 0 saturated carbocycles. The second-order valence-corrected chi connectivity index (χ2v) is 19.1. The lowest BCUT2D eigenvalue weighted by atomic mass is 10.3. The number of rotatable bonds is 4. The number of ether oxygens (including phenoxy) is 2. The topological polar surface area (TPSA) is 34.2 Å². The number of hydrogen-bond donors (Lipinski definition) is 1. The molecule has 0 amide bonds. The minimum atomic E-state index is -2.98. The van der Waals surface area contributed by atoms with E-state index in [2.05, 4.69) is 175 Å². The maximum Gasteiger partial charge on any atom is 0.200 e. The fraction of sp³-hybridized carbons (Fsp3) is 0. The van der Waals surface area contributed by atoms with E-state index in [1.54, 1.807) is 0 Å². The third-order valence-electron chi connectivity index (χ3n) is 9.51. The highest BCUT2D eigenvalue weighted by molar-refractivity contribution is 7.28. The molecular formula is C40H29NO2Si2. The Morgan fingerprint density at radius 2 is 0.622 bits per heavy atom. The molecule has 3 heterocycles. The molecule has 2 aliphatic rings. The number of hydrogen-bond acceptors (Lipinski definition) is 2. The summed E-state index contributed by atoms with van der Waals surface area (Å²) in [5.41, 5.74) is 0. The van der Waals surface area contributed by atoms with Crippen LogP contribution in [0.25, 0.3) is 0 Å². The maximum atomic E-state index is 6.91. The predicted octanol–water partition coefficient (Wildman–Crippen LogP) is 3.98. The summed E-state index contributed by atoms with van der Waals surface area (Å²) >= 11 is 0. The first-order valence-corrected chi connectivity index (χ1v) is 19.4. The third-order valence-corrected chi connectivity index (χ3v) is 19.5. The molecule has 0 bridgehead atoms. The van der Waals surface area contributed by atoms with Crippen LogP contribution < -0.4 is 51.0 Å². The van der Waals surface area contributed by atoms with E-state index < -0.39 is 16.1 Å². The Kier molecular flexibility index (Phi) is 5.85. The smallest absolute Gasteiger partial charge is 0.200 e. The zero-order valence-electron chi connectivity index (χ0n) is 24.5. The predicted molar refractivity (Wildman–Crippen MR) is 188 cm³/mol. The second kappa shape index (κ2) is 10.1. The summed E-state index contributed by atoms with van der Waals surface area (Å²) in [4.78, 5) is 3.75. The van der Waals surface area contributed by atoms with Gasteiger partial charge in [-0.15, -0.1) is 0 Å². The molecule has 214 valence electrons. The fourth-order valence-corrected chi connectivity index (χ4v) is 18.9. The van der Waals surface area contributed by atoms with Gasteiger partial charge in [-0.2, -0.15) is 0 Å². The summed E-state index contributed by atoms with van der Waals surface area (Å²) in [5, 5.41) is 10.3. The summed E-state index contributed by atoms with van der Waals surface area (Å²) in [6.07, 6.45) is 0. The summed E-state index contributed by atoms with van der Waals surface area (Å²) < 4.78 is 13.8. The monoisotopic (exact) mass is 611 g/mol. The summed E-state index contributed by atoms with van der Waals surface area (Å²) in [5.74, 6) is 3.36. The van der Waals surface area contributed by atoms with E-state index in [9.17, 15) is 0 Å². The average molecular weight is 612 g/mol. The van der Waals surface area contributed by atoms with Crippen molar-refractivity contribution < 1.29 is 9.47 Å². The van der Waals surface area contributed by atoms with Gasteiger partial charge < -0.3 is 9.47 Å². The number of H-pyrrole nitrogens is 1. The van der Waals surface area contributed by atoms with E-state index in [1.807, 2.05) is 0 Å². The van der Waals surface area contributed by atoms with Crippen LogP contribution in [-0.2, 0) is 0 Å². The van der Waals surface area contributed by atoms with Crippen molar-refractivity contribution in [3.8, 4) is 23.3 Å². The Balaban J connectivity index is 1.52. The largest absolute Gasteiger partial charge is 0.441 e. The van der Waals surface area contributed by atoms with Gasteiger partial charge in [0.25, 0.3) is 0 Å². The van der Waals surface area contributed by atoms with Gasteiger partial charge in [-0.05, 0) is 43.3 Å². The van der Waals surface area contributed by atoms with Gasteiger partial charge >= 0.3 is 0 Å². The van der Waals surface area contributed by atoms with E-state index in [0.717, 1.165) is 23.3 Å². The molecule has 1 aromatic heterocycles. The molecule has 7 aromatic rings. The highest BCUT2D eigenvalue weighted by atomic mass is 28.3. The minimum Gasteiger partial charge on any atom is -0.441 e. The molecule has 9 rings (SSSR count). The lowest BCUT2D eigenvalue weighted by molar-refractivity contribution is 0.440. The van der Waals surface area contributed by atoms with Gasteiger partial charge in [0.05, 0.1) is 0 Å². The van der Waals surface area contributed by atoms with Crippen LogP contribution in [0.5, 0.6) is 23.3 Å². The highest BCUT2D eigenvalue weighted by Gasteiger charge is 2.58. The van der Waals surface area contributed by atoms with E-state index in [-0.39, 0.29) is 0 Å². The Hall–Kier alpha value is -5.37. The number of fused-ring (bicyclic) bond motifs is 5. The van der Waals surface area contributed by atoms with Gasteiger partial charge in [-0.1, -0.05) is 158 Å². The van der Waals surface area contributed by atoms with Crippen molar-refractivity contribution in [2.24, 2.45) is 0 Å². The van der Waals surface area contributed by atoms with Crippen molar-refractivity contribution in [2.45, 2.75) is 0 Å². The van der Waals surface area contributed by atoms with E-state index in [4.69, 9.17) is 9.47 Å². The maximum absolute atomic E-state index is 6.91. The van der Waals surface area contributed by atoms with Crippen LogP contribution in [0.3, 0.4) is 0 Å². The van der Waals surface area contributed by atoms with Gasteiger partial charge in [0, 0.05) is 10.4 Å². The molecule has 0 unspecified atom stereocenters. The fourth-order valence-electron chi connectivity index (χ4n) is 7.83. The van der Waals surface area contributed by atoms with Crippen molar-refractivity contribution in [3.05, 3.63) is 170 Å². The van der Waals surface area contributed by atoms with Crippen molar-refractivity contribution >= 4 is 57.6 Å². The molecule has 45 heavy (non-hydrogen) atoms. The second-order valence-electron chi connectivity index (χ2n) is 11.7. The first-order valence-electron chi connectivity index (χ1n) is 15.4. The van der Waals surface area contributed by atoms with Crippen molar-refractivity contribution in [1.29, 1.82) is 0 Å². The van der Waals surface area contributed by atoms with Crippen molar-refractivity contribution in [3.63, 3.8) is 0 Å². The summed E-state index contributed by atoms with van der Waals surface area (Å²) in [7, 11) is -5.96. The molecule has 0 aliphatic carbocycles. The zero-order valence-corrected chi connectivity index (χ0v) is 26.5. The van der Waals surface area contributed by atoms with Crippen LogP contribution in [0.2, 0.25) is 0 Å². The van der Waals surface area contributed by atoms with Crippen LogP contribution in [0, 0.1) is 0 Å². The van der Waals surface area contributed by atoms with Gasteiger partial charge in [-0.25, -0.2) is 0 Å². The van der Waals surface area contributed by atoms with Crippen LogP contribution >= 0.6 is 0 Å². The van der Waals surface area contributed by atoms with Gasteiger partial charge in [-0.3, -0.25) is 4.98 Å². The van der Waals surface area contributed by atoms with Crippen LogP contribution in [-0.4, -0.2) is 21.1 Å². The molecule has 0 saturated heterocycles. The number of aromatic nitrogens is 1. The molecule has 0 radical (unpaired) electrons. The molecule has 6 aromatic carbocycles. The molecule has 2 aliphatic heterocycles. The van der Waals surface area contributed by atoms with Crippen LogP contribution in [0.15, 0.2) is 170 Å². The Morgan fingerprint density at radius 1 is 0.333 bits per heavy atom. The first kappa shape index (κ1) is 26.1. The van der Waals surface area contributed by atoms with Crippen molar-refractivity contribution in [2.75, 3.05) is 0 Å². The number of nitrogens with one attached hydrogen (secondary N) is 1. The van der Waals surface area contributed by atoms with E-state index >= 15 is 0 Å². The molecule has 0 spiro atoms. The molecular weight excluding hydrogens is 583 g/mol. The molecule has 5 heteroatoms. The van der Waals surface area contributed by atoms with Crippen molar-refractivity contribution in [1.82, 2.24) is 4.98 Å². The molecule has 1 N–H and O–H groups in total. The Morgan fingerprint density at radius 3 is 0.956 bits per heavy atom. The Labute approximate surface area is 264 Å². The average Bonchev–Trinajstić information content (AvgIpc) is 3.49. The van der Waals surface area contributed by atoms with Gasteiger partial charge in [0.1, 0.15) is 11.5 Å². The molecule has 0 atom stereocenters. The third kappa shape index (κ3) is 3.56. The summed E-state index contributed by atoms with van der Waals surface area (Å²) in [6, 6.07) is 61.6. The standard InChI is InChI=1S/C40H29NO2Si2/c1-5-17-29(18-6-1)44(30-19-7-2-8-20-30)35-27-15-13-25-33(35)42-39-37(44)38-40(41-39)43-34-26-14-16-28-36(34)45(38,31-21-9-3-10-22-31)32-23-11-4-12-24-32/h1-28,41H. The van der Waals surface area contributed by atoms with Crippen LogP contribution in [0.1, 0.15) is 0 Å². The van der Waals surface area contributed by atoms with Crippen LogP contribution in [0.4, 0.5) is 0 Å².